The minimum absolute atomic E-state index is 0.146. The van der Waals surface area contributed by atoms with Gasteiger partial charge >= 0.3 is 6.09 Å². The topological polar surface area (TPSA) is 84.7 Å². The molecule has 0 spiro atoms. The van der Waals surface area contributed by atoms with Crippen LogP contribution in [0.25, 0.3) is 0 Å². The van der Waals surface area contributed by atoms with E-state index in [2.05, 4.69) is 4.98 Å². The number of rotatable bonds is 8. The van der Waals surface area contributed by atoms with Crippen molar-refractivity contribution < 1.29 is 23.4 Å². The highest BCUT2D eigenvalue weighted by Gasteiger charge is 2.22. The van der Waals surface area contributed by atoms with E-state index in [1.54, 1.807) is 20.8 Å². The molecule has 0 atom stereocenters. The number of ether oxygens (including phenoxy) is 3. The van der Waals surface area contributed by atoms with Crippen molar-refractivity contribution in [1.29, 1.82) is 5.26 Å². The van der Waals surface area contributed by atoms with Crippen LogP contribution in [-0.4, -0.2) is 55.1 Å². The number of hydrogen-bond donors (Lipinski definition) is 0. The molecular weight excluding hydrogens is 329 g/mol. The molecule has 138 valence electrons. The van der Waals surface area contributed by atoms with Crippen LogP contribution in [0.2, 0.25) is 0 Å². The normalized spacial score (nSPS) is 10.7. The van der Waals surface area contributed by atoms with Crippen molar-refractivity contribution in [3.8, 4) is 17.7 Å². The minimum atomic E-state index is -0.631. The predicted octanol–water partition coefficient (Wildman–Crippen LogP) is 2.94. The van der Waals surface area contributed by atoms with Gasteiger partial charge < -0.3 is 19.1 Å². The summed E-state index contributed by atoms with van der Waals surface area (Å²) in [6, 6.07) is 3.46. The zero-order chi connectivity index (χ0) is 18.9. The Kier molecular flexibility index (Phi) is 7.92. The number of carbonyl (C=O) groups excluding carboxylic acids is 1. The molecule has 0 saturated carbocycles. The van der Waals surface area contributed by atoms with Crippen molar-refractivity contribution in [3.05, 3.63) is 17.8 Å². The summed E-state index contributed by atoms with van der Waals surface area (Å²) in [5, 5.41) is 8.93. The molecule has 0 aliphatic carbocycles. The van der Waals surface area contributed by atoms with E-state index in [0.717, 1.165) is 0 Å². The van der Waals surface area contributed by atoms with E-state index in [0.29, 0.717) is 11.3 Å². The molecule has 0 saturated heterocycles. The zero-order valence-corrected chi connectivity index (χ0v) is 15.0. The second kappa shape index (κ2) is 9.67. The van der Waals surface area contributed by atoms with Crippen LogP contribution in [0.15, 0.2) is 12.3 Å². The van der Waals surface area contributed by atoms with Crippen LogP contribution in [0.5, 0.6) is 11.6 Å². The van der Waals surface area contributed by atoms with Crippen LogP contribution in [-0.2, 0) is 4.74 Å². The summed E-state index contributed by atoms with van der Waals surface area (Å²) in [5.74, 6) is 0.624. The van der Waals surface area contributed by atoms with E-state index in [1.165, 1.54) is 24.3 Å². The smallest absolute Gasteiger partial charge is 0.410 e. The number of aromatic nitrogens is 1. The van der Waals surface area contributed by atoms with Gasteiger partial charge in [-0.1, -0.05) is 0 Å². The molecule has 0 aliphatic heterocycles. The molecule has 0 aliphatic rings. The second-order valence-electron chi connectivity index (χ2n) is 6.19. The monoisotopic (exact) mass is 353 g/mol. The molecule has 8 heteroatoms. The first kappa shape index (κ1) is 20.5. The maximum Gasteiger partial charge on any atom is 0.410 e. The fraction of sp³-hybridized carbons (Fsp3) is 0.588. The largest absolute Gasteiger partial charge is 0.495 e. The van der Waals surface area contributed by atoms with Gasteiger partial charge in [-0.25, -0.2) is 9.78 Å². The lowest BCUT2D eigenvalue weighted by Crippen LogP contribution is -2.39. The van der Waals surface area contributed by atoms with E-state index in [9.17, 15) is 9.18 Å². The van der Waals surface area contributed by atoms with Gasteiger partial charge in [-0.05, 0) is 27.2 Å². The van der Waals surface area contributed by atoms with Gasteiger partial charge in [0.1, 0.15) is 29.6 Å². The third-order valence-corrected chi connectivity index (χ3v) is 3.01. The van der Waals surface area contributed by atoms with E-state index < -0.39 is 18.4 Å². The summed E-state index contributed by atoms with van der Waals surface area (Å²) < 4.78 is 28.3. The molecule has 1 amide bonds. The standard InChI is InChI=1S/C17H24FN3O4/c1-17(2,3)25-16(22)21(7-5-6-18)8-9-24-15-10-14(23-4)13(11-19)12-20-15/h10,12H,5-9H2,1-4H3. The van der Waals surface area contributed by atoms with Gasteiger partial charge in [0.05, 0.1) is 26.5 Å². The maximum absolute atomic E-state index is 12.4. The van der Waals surface area contributed by atoms with Crippen molar-refractivity contribution in [1.82, 2.24) is 9.88 Å². The van der Waals surface area contributed by atoms with Gasteiger partial charge in [-0.3, -0.25) is 4.39 Å². The Labute approximate surface area is 147 Å². The molecule has 1 aromatic heterocycles. The summed E-state index contributed by atoms with van der Waals surface area (Å²) in [4.78, 5) is 17.5. The number of pyridine rings is 1. The fourth-order valence-corrected chi connectivity index (χ4v) is 1.88. The molecule has 1 heterocycles. The maximum atomic E-state index is 12.4. The SMILES string of the molecule is COc1cc(OCCN(CCCF)C(=O)OC(C)(C)C)ncc1C#N. The van der Waals surface area contributed by atoms with Gasteiger partial charge in [0.25, 0.3) is 0 Å². The van der Waals surface area contributed by atoms with Gasteiger partial charge in [-0.2, -0.15) is 5.26 Å². The third kappa shape index (κ3) is 7.25. The Morgan fingerprint density at radius 3 is 2.68 bits per heavy atom. The number of carbonyl (C=O) groups is 1. The van der Waals surface area contributed by atoms with Gasteiger partial charge in [0.15, 0.2) is 0 Å². The van der Waals surface area contributed by atoms with Crippen molar-refractivity contribution >= 4 is 6.09 Å². The van der Waals surface area contributed by atoms with Crippen LogP contribution in [0, 0.1) is 11.3 Å². The van der Waals surface area contributed by atoms with Crippen LogP contribution in [0.3, 0.4) is 0 Å². The summed E-state index contributed by atoms with van der Waals surface area (Å²) in [6.45, 7) is 5.38. The first-order chi connectivity index (χ1) is 11.8. The van der Waals surface area contributed by atoms with Crippen molar-refractivity contribution in [3.63, 3.8) is 0 Å². The zero-order valence-electron chi connectivity index (χ0n) is 15.0. The molecule has 0 bridgehead atoms. The van der Waals surface area contributed by atoms with Gasteiger partial charge in [-0.15, -0.1) is 0 Å². The molecular formula is C17H24FN3O4. The molecule has 0 radical (unpaired) electrons. The molecule has 0 unspecified atom stereocenters. The van der Waals surface area contributed by atoms with Crippen LogP contribution in [0.4, 0.5) is 9.18 Å². The number of nitrogens with zero attached hydrogens (tertiary/aromatic N) is 3. The Morgan fingerprint density at radius 1 is 1.40 bits per heavy atom. The Hall–Kier alpha value is -2.56. The van der Waals surface area contributed by atoms with Crippen LogP contribution < -0.4 is 9.47 Å². The summed E-state index contributed by atoms with van der Waals surface area (Å²) in [5.41, 5.74) is -0.332. The van der Waals surface area contributed by atoms with E-state index in [4.69, 9.17) is 19.5 Å². The quantitative estimate of drug-likeness (QED) is 0.714. The number of hydrogen-bond acceptors (Lipinski definition) is 6. The minimum Gasteiger partial charge on any atom is -0.495 e. The molecule has 0 fully saturated rings. The molecule has 1 aromatic rings. The first-order valence-corrected chi connectivity index (χ1v) is 7.91. The number of methoxy groups -OCH3 is 1. The fourth-order valence-electron chi connectivity index (χ4n) is 1.88. The predicted molar refractivity (Wildman–Crippen MR) is 89.4 cm³/mol. The Balaban J connectivity index is 2.64. The van der Waals surface area contributed by atoms with Crippen LogP contribution >= 0.6 is 0 Å². The van der Waals surface area contributed by atoms with Crippen molar-refractivity contribution in [2.45, 2.75) is 32.8 Å². The lowest BCUT2D eigenvalue weighted by molar-refractivity contribution is 0.0220. The molecule has 25 heavy (non-hydrogen) atoms. The summed E-state index contributed by atoms with van der Waals surface area (Å²) in [6.07, 6.45) is 1.06. The number of amides is 1. The highest BCUT2D eigenvalue weighted by Crippen LogP contribution is 2.21. The average Bonchev–Trinajstić information content (AvgIpc) is 2.55. The number of halogens is 1. The van der Waals surface area contributed by atoms with Crippen molar-refractivity contribution in [2.24, 2.45) is 0 Å². The first-order valence-electron chi connectivity index (χ1n) is 7.91. The molecule has 0 aromatic carbocycles. The summed E-state index contributed by atoms with van der Waals surface area (Å²) in [7, 11) is 1.45. The highest BCUT2D eigenvalue weighted by atomic mass is 19.1. The second-order valence-corrected chi connectivity index (χ2v) is 6.19. The van der Waals surface area contributed by atoms with Gasteiger partial charge in [0, 0.05) is 12.6 Å². The third-order valence-electron chi connectivity index (χ3n) is 3.01. The summed E-state index contributed by atoms with van der Waals surface area (Å²) >= 11 is 0. The average molecular weight is 353 g/mol. The molecule has 0 N–H and O–H groups in total. The Bertz CT molecular complexity index is 611. The van der Waals surface area contributed by atoms with Gasteiger partial charge in [0.2, 0.25) is 5.88 Å². The molecule has 1 rings (SSSR count). The molecule has 7 nitrogen and oxygen atoms in total. The van der Waals surface area contributed by atoms with E-state index in [-0.39, 0.29) is 32.0 Å². The van der Waals surface area contributed by atoms with Crippen LogP contribution in [0.1, 0.15) is 32.8 Å². The number of alkyl halides is 1. The lowest BCUT2D eigenvalue weighted by Gasteiger charge is -2.27. The highest BCUT2D eigenvalue weighted by molar-refractivity contribution is 5.68. The lowest BCUT2D eigenvalue weighted by atomic mass is 10.2. The van der Waals surface area contributed by atoms with E-state index in [1.807, 2.05) is 6.07 Å². The Morgan fingerprint density at radius 2 is 2.12 bits per heavy atom. The number of nitriles is 1. The van der Waals surface area contributed by atoms with E-state index >= 15 is 0 Å². The van der Waals surface area contributed by atoms with Crippen molar-refractivity contribution in [2.75, 3.05) is 33.5 Å².